The highest BCUT2D eigenvalue weighted by Crippen LogP contribution is 2.41. The Labute approximate surface area is 177 Å². The van der Waals surface area contributed by atoms with Gasteiger partial charge in [-0.2, -0.15) is 0 Å². The third kappa shape index (κ3) is 2.97. The molecule has 0 saturated carbocycles. The minimum atomic E-state index is 0.136. The zero-order valence-electron chi connectivity index (χ0n) is 16.4. The molecule has 0 unspecified atom stereocenters. The Balaban J connectivity index is 1.24. The molecule has 4 heterocycles. The van der Waals surface area contributed by atoms with Gasteiger partial charge in [0.15, 0.2) is 0 Å². The standard InChI is InChI=1S/C22H24N4OS2/c27-22-19-15-6-2-4-8-18(15)29-21(19)24-13-26(22)10-9-25-11-16-14-5-1-3-7-17(14)28-20(16)23-12-25/h12-13H,1-11H2. The molecule has 0 N–H and O–H groups in total. The second-order valence-electron chi connectivity index (χ2n) is 8.34. The van der Waals surface area contributed by atoms with Crippen molar-refractivity contribution in [2.24, 2.45) is 4.99 Å². The van der Waals surface area contributed by atoms with Gasteiger partial charge in [-0.3, -0.25) is 9.36 Å². The Hall–Kier alpha value is -1.99. The highest BCUT2D eigenvalue weighted by Gasteiger charge is 2.24. The number of aromatic nitrogens is 2. The van der Waals surface area contributed by atoms with E-state index >= 15 is 0 Å². The average Bonchev–Trinajstić information content (AvgIpc) is 3.31. The van der Waals surface area contributed by atoms with Crippen LogP contribution in [-0.2, 0) is 38.8 Å². The topological polar surface area (TPSA) is 50.5 Å². The van der Waals surface area contributed by atoms with Crippen LogP contribution in [0.4, 0.5) is 5.00 Å². The molecule has 0 atom stereocenters. The van der Waals surface area contributed by atoms with E-state index in [1.54, 1.807) is 32.7 Å². The Bertz CT molecular complexity index is 1190. The number of rotatable bonds is 3. The van der Waals surface area contributed by atoms with Crippen molar-refractivity contribution in [2.75, 3.05) is 6.54 Å². The van der Waals surface area contributed by atoms with Crippen molar-refractivity contribution < 1.29 is 0 Å². The summed E-state index contributed by atoms with van der Waals surface area (Å²) < 4.78 is 1.80. The quantitative estimate of drug-likeness (QED) is 0.624. The summed E-state index contributed by atoms with van der Waals surface area (Å²) in [6, 6.07) is 0. The van der Waals surface area contributed by atoms with Gasteiger partial charge in [0.05, 0.1) is 18.1 Å². The first kappa shape index (κ1) is 17.8. The number of nitrogens with zero attached hydrogens (tertiary/aromatic N) is 4. The van der Waals surface area contributed by atoms with Crippen molar-refractivity contribution in [3.05, 3.63) is 43.1 Å². The van der Waals surface area contributed by atoms with Gasteiger partial charge in [0.25, 0.3) is 5.56 Å². The van der Waals surface area contributed by atoms with E-state index in [1.165, 1.54) is 59.5 Å². The molecule has 0 radical (unpaired) electrons. The molecule has 3 aromatic heterocycles. The van der Waals surface area contributed by atoms with Crippen molar-refractivity contribution in [1.82, 2.24) is 14.5 Å². The first-order valence-electron chi connectivity index (χ1n) is 10.7. The van der Waals surface area contributed by atoms with Crippen LogP contribution in [0.1, 0.15) is 52.1 Å². The predicted octanol–water partition coefficient (Wildman–Crippen LogP) is 4.45. The molecule has 0 aromatic carbocycles. The van der Waals surface area contributed by atoms with Crippen LogP contribution in [0.15, 0.2) is 16.1 Å². The molecule has 0 spiro atoms. The lowest BCUT2D eigenvalue weighted by Crippen LogP contribution is -2.31. The average molecular weight is 425 g/mol. The number of thiophene rings is 2. The van der Waals surface area contributed by atoms with Crippen LogP contribution in [0.25, 0.3) is 10.2 Å². The molecule has 150 valence electrons. The fourth-order valence-corrected chi connectivity index (χ4v) is 7.43. The maximum Gasteiger partial charge on any atom is 0.262 e. The van der Waals surface area contributed by atoms with Gasteiger partial charge in [-0.15, -0.1) is 22.7 Å². The summed E-state index contributed by atoms with van der Waals surface area (Å²) in [4.78, 5) is 28.6. The van der Waals surface area contributed by atoms with E-state index < -0.39 is 0 Å². The third-order valence-corrected chi connectivity index (χ3v) is 8.97. The fraction of sp³-hybridized carbons (Fsp3) is 0.500. The number of hydrogen-bond acceptors (Lipinski definition) is 6. The molecule has 3 aromatic rings. The molecular weight excluding hydrogens is 400 g/mol. The summed E-state index contributed by atoms with van der Waals surface area (Å²) in [7, 11) is 0. The van der Waals surface area contributed by atoms with Crippen LogP contribution in [0.2, 0.25) is 0 Å². The largest absolute Gasteiger partial charge is 0.356 e. The minimum absolute atomic E-state index is 0.136. The normalized spacial score (nSPS) is 18.0. The first-order chi connectivity index (χ1) is 14.3. The Morgan fingerprint density at radius 3 is 2.52 bits per heavy atom. The SMILES string of the molecule is O=c1c2c3c(sc2ncn1CCN1C=Nc2sc4c(c2C1)CCCC4)CCCC3. The third-order valence-electron chi connectivity index (χ3n) is 6.53. The molecule has 0 fully saturated rings. The van der Waals surface area contributed by atoms with E-state index in [-0.39, 0.29) is 5.56 Å². The highest BCUT2D eigenvalue weighted by molar-refractivity contribution is 7.18. The summed E-state index contributed by atoms with van der Waals surface area (Å²) in [5.41, 5.74) is 4.40. The van der Waals surface area contributed by atoms with Gasteiger partial charge in [0, 0.05) is 35.0 Å². The van der Waals surface area contributed by atoms with Crippen molar-refractivity contribution in [2.45, 2.75) is 64.5 Å². The fourth-order valence-electron chi connectivity index (χ4n) is 4.98. The zero-order chi connectivity index (χ0) is 19.4. The van der Waals surface area contributed by atoms with E-state index in [1.807, 2.05) is 17.7 Å². The van der Waals surface area contributed by atoms with Gasteiger partial charge < -0.3 is 4.90 Å². The molecular formula is C22H24N4OS2. The van der Waals surface area contributed by atoms with Crippen LogP contribution in [-0.4, -0.2) is 27.3 Å². The van der Waals surface area contributed by atoms with E-state index in [4.69, 9.17) is 4.99 Å². The van der Waals surface area contributed by atoms with E-state index in [2.05, 4.69) is 9.88 Å². The highest BCUT2D eigenvalue weighted by atomic mass is 32.1. The lowest BCUT2D eigenvalue weighted by atomic mass is 9.95. The maximum absolute atomic E-state index is 13.2. The zero-order valence-corrected chi connectivity index (χ0v) is 18.1. The number of aryl methyl sites for hydroxylation is 3. The molecule has 6 rings (SSSR count). The predicted molar refractivity (Wildman–Crippen MR) is 120 cm³/mol. The molecule has 0 bridgehead atoms. The van der Waals surface area contributed by atoms with Crippen molar-refractivity contribution >= 4 is 44.2 Å². The monoisotopic (exact) mass is 424 g/mol. The second-order valence-corrected chi connectivity index (χ2v) is 10.5. The van der Waals surface area contributed by atoms with Crippen molar-refractivity contribution in [3.8, 4) is 0 Å². The summed E-state index contributed by atoms with van der Waals surface area (Å²) >= 11 is 3.60. The molecule has 2 aliphatic carbocycles. The maximum atomic E-state index is 13.2. The molecule has 5 nitrogen and oxygen atoms in total. The van der Waals surface area contributed by atoms with Gasteiger partial charge in [-0.05, 0) is 62.5 Å². The smallest absolute Gasteiger partial charge is 0.262 e. The number of fused-ring (bicyclic) bond motifs is 6. The van der Waals surface area contributed by atoms with Gasteiger partial charge in [0.2, 0.25) is 0 Å². The summed E-state index contributed by atoms with van der Waals surface area (Å²) in [5.74, 6) is 0. The molecule has 0 saturated heterocycles. The molecule has 29 heavy (non-hydrogen) atoms. The molecule has 3 aliphatic rings. The van der Waals surface area contributed by atoms with E-state index in [9.17, 15) is 4.79 Å². The summed E-state index contributed by atoms with van der Waals surface area (Å²) in [5, 5.41) is 2.09. The van der Waals surface area contributed by atoms with Crippen molar-refractivity contribution in [1.29, 1.82) is 0 Å². The summed E-state index contributed by atoms with van der Waals surface area (Å²) in [6.45, 7) is 2.36. The van der Waals surface area contributed by atoms with Gasteiger partial charge >= 0.3 is 0 Å². The minimum Gasteiger partial charge on any atom is -0.356 e. The number of aliphatic imine (C=N–C) groups is 1. The van der Waals surface area contributed by atoms with Crippen molar-refractivity contribution in [3.63, 3.8) is 0 Å². The molecule has 1 aliphatic heterocycles. The van der Waals surface area contributed by atoms with Crippen LogP contribution in [0.5, 0.6) is 0 Å². The lowest BCUT2D eigenvalue weighted by molar-refractivity contribution is 0.390. The van der Waals surface area contributed by atoms with E-state index in [0.717, 1.165) is 36.1 Å². The number of hydrogen-bond donors (Lipinski definition) is 0. The van der Waals surface area contributed by atoms with E-state index in [0.29, 0.717) is 6.54 Å². The Morgan fingerprint density at radius 1 is 0.897 bits per heavy atom. The molecule has 7 heteroatoms. The van der Waals surface area contributed by atoms with Crippen LogP contribution in [0.3, 0.4) is 0 Å². The van der Waals surface area contributed by atoms with Crippen LogP contribution >= 0.6 is 22.7 Å². The Morgan fingerprint density at radius 2 is 1.66 bits per heavy atom. The molecule has 0 amide bonds. The second kappa shape index (κ2) is 7.06. The Kier molecular flexibility index (Phi) is 4.34. The lowest BCUT2D eigenvalue weighted by Gasteiger charge is -2.24. The van der Waals surface area contributed by atoms with Gasteiger partial charge in [-0.25, -0.2) is 9.98 Å². The van der Waals surface area contributed by atoms with Gasteiger partial charge in [0.1, 0.15) is 9.83 Å². The summed E-state index contributed by atoms with van der Waals surface area (Å²) in [6.07, 6.45) is 13.3. The van der Waals surface area contributed by atoms with Gasteiger partial charge in [-0.1, -0.05) is 0 Å². The van der Waals surface area contributed by atoms with Crippen LogP contribution < -0.4 is 5.56 Å². The first-order valence-corrected chi connectivity index (χ1v) is 12.3. The van der Waals surface area contributed by atoms with Crippen LogP contribution in [0, 0.1) is 0 Å².